The van der Waals surface area contributed by atoms with Gasteiger partial charge >= 0.3 is 0 Å². The normalized spacial score (nSPS) is 16.6. The third-order valence-electron chi connectivity index (χ3n) is 2.80. The molecule has 1 aromatic carbocycles. The van der Waals surface area contributed by atoms with Gasteiger partial charge in [0.05, 0.1) is 17.6 Å². The van der Waals surface area contributed by atoms with E-state index in [0.717, 1.165) is 11.0 Å². The van der Waals surface area contributed by atoms with E-state index in [-0.39, 0.29) is 31.6 Å². The summed E-state index contributed by atoms with van der Waals surface area (Å²) < 4.78 is 4.85. The van der Waals surface area contributed by atoms with Crippen LogP contribution in [0, 0.1) is 0 Å². The van der Waals surface area contributed by atoms with Crippen LogP contribution >= 0.6 is 0 Å². The van der Waals surface area contributed by atoms with E-state index >= 15 is 0 Å². The number of para-hydroxylation sites is 2. The van der Waals surface area contributed by atoms with E-state index in [0.29, 0.717) is 5.82 Å². The fraction of sp³-hybridized carbons (Fsp3) is 0.250. The Kier molecular flexibility index (Phi) is 2.56. The maximum atomic E-state index is 11.6. The second-order valence-electron chi connectivity index (χ2n) is 4.07. The van der Waals surface area contributed by atoms with Crippen molar-refractivity contribution in [2.24, 2.45) is 0 Å². The number of carbonyl (C=O) groups excluding carboxylic acids is 2. The Morgan fingerprint density at radius 2 is 1.94 bits per heavy atom. The number of rotatable bonds is 2. The van der Waals surface area contributed by atoms with Gasteiger partial charge in [-0.2, -0.15) is 0 Å². The van der Waals surface area contributed by atoms with Gasteiger partial charge in [-0.1, -0.05) is 12.1 Å². The first-order chi connectivity index (χ1) is 8.74. The Balaban J connectivity index is 1.87. The highest BCUT2D eigenvalue weighted by Crippen LogP contribution is 2.13. The number of fused-ring (bicyclic) bond motifs is 1. The first kappa shape index (κ1) is 10.9. The fourth-order valence-corrected chi connectivity index (χ4v) is 1.93. The van der Waals surface area contributed by atoms with Crippen LogP contribution in [0.15, 0.2) is 24.3 Å². The summed E-state index contributed by atoms with van der Waals surface area (Å²) in [5.41, 5.74) is 1.71. The molecule has 0 spiro atoms. The van der Waals surface area contributed by atoms with E-state index < -0.39 is 0 Å². The molecule has 1 aliphatic heterocycles. The van der Waals surface area contributed by atoms with Crippen molar-refractivity contribution in [1.82, 2.24) is 14.9 Å². The second-order valence-corrected chi connectivity index (χ2v) is 4.07. The van der Waals surface area contributed by atoms with Gasteiger partial charge in [0.1, 0.15) is 19.0 Å². The first-order valence-electron chi connectivity index (χ1n) is 5.58. The summed E-state index contributed by atoms with van der Waals surface area (Å²) in [5, 5.41) is 0. The molecule has 6 heteroatoms. The van der Waals surface area contributed by atoms with Crippen LogP contribution < -0.4 is 0 Å². The minimum atomic E-state index is -0.327. The third-order valence-corrected chi connectivity index (χ3v) is 2.80. The number of nitrogens with zero attached hydrogens (tertiary/aromatic N) is 2. The fourth-order valence-electron chi connectivity index (χ4n) is 1.93. The molecule has 1 aromatic heterocycles. The Labute approximate surface area is 103 Å². The molecule has 0 bridgehead atoms. The van der Waals surface area contributed by atoms with Crippen molar-refractivity contribution in [1.29, 1.82) is 0 Å². The van der Waals surface area contributed by atoms with Gasteiger partial charge in [0, 0.05) is 0 Å². The quantitative estimate of drug-likeness (QED) is 0.779. The Hall–Kier alpha value is -2.21. The number of H-pyrrole nitrogens is 1. The third kappa shape index (κ3) is 1.86. The molecule has 2 aromatic rings. The predicted molar refractivity (Wildman–Crippen MR) is 62.5 cm³/mol. The number of hydrogen-bond acceptors (Lipinski definition) is 4. The van der Waals surface area contributed by atoms with Gasteiger partial charge < -0.3 is 9.72 Å². The molecule has 0 saturated carbocycles. The summed E-state index contributed by atoms with van der Waals surface area (Å²) in [6.45, 7) is 0.0631. The molecule has 2 heterocycles. The van der Waals surface area contributed by atoms with Crippen LogP contribution in [-0.2, 0) is 20.9 Å². The zero-order valence-corrected chi connectivity index (χ0v) is 9.55. The number of imidazole rings is 1. The van der Waals surface area contributed by atoms with Gasteiger partial charge in [-0.05, 0) is 12.1 Å². The molecule has 18 heavy (non-hydrogen) atoms. The van der Waals surface area contributed by atoms with Crippen molar-refractivity contribution in [2.45, 2.75) is 6.54 Å². The molecule has 2 amide bonds. The Bertz CT molecular complexity index is 571. The van der Waals surface area contributed by atoms with Gasteiger partial charge in [0.25, 0.3) is 11.8 Å². The van der Waals surface area contributed by atoms with E-state index in [1.165, 1.54) is 4.90 Å². The SMILES string of the molecule is O=C1COCC(=O)N1Cc1nc2ccccc2[nH]1. The molecule has 0 aliphatic carbocycles. The molecule has 1 aliphatic rings. The van der Waals surface area contributed by atoms with Gasteiger partial charge in [0.2, 0.25) is 0 Å². The highest BCUT2D eigenvalue weighted by molar-refractivity contribution is 5.98. The van der Waals surface area contributed by atoms with Crippen LogP contribution in [0.2, 0.25) is 0 Å². The summed E-state index contributed by atoms with van der Waals surface area (Å²) in [4.78, 5) is 31.7. The summed E-state index contributed by atoms with van der Waals surface area (Å²) in [7, 11) is 0. The van der Waals surface area contributed by atoms with Gasteiger partial charge in [-0.25, -0.2) is 4.98 Å². The number of carbonyl (C=O) groups is 2. The van der Waals surface area contributed by atoms with Gasteiger partial charge in [-0.15, -0.1) is 0 Å². The topological polar surface area (TPSA) is 75.3 Å². The maximum absolute atomic E-state index is 11.6. The number of nitrogens with one attached hydrogen (secondary N) is 1. The lowest BCUT2D eigenvalue weighted by molar-refractivity contribution is -0.159. The van der Waals surface area contributed by atoms with E-state index in [4.69, 9.17) is 4.74 Å². The molecule has 3 rings (SSSR count). The molecule has 0 atom stereocenters. The number of morpholine rings is 1. The lowest BCUT2D eigenvalue weighted by atomic mass is 10.3. The summed E-state index contributed by atoms with van der Waals surface area (Å²) in [6, 6.07) is 7.56. The minimum Gasteiger partial charge on any atom is -0.362 e. The number of aromatic nitrogens is 2. The number of aromatic amines is 1. The van der Waals surface area contributed by atoms with Crippen molar-refractivity contribution >= 4 is 22.8 Å². The van der Waals surface area contributed by atoms with Crippen LogP contribution in [0.1, 0.15) is 5.82 Å². The smallest absolute Gasteiger partial charge is 0.255 e. The molecule has 0 unspecified atom stereocenters. The molecule has 92 valence electrons. The van der Waals surface area contributed by atoms with Gasteiger partial charge in [0.15, 0.2) is 0 Å². The van der Waals surface area contributed by atoms with Crippen LogP contribution in [0.25, 0.3) is 11.0 Å². The minimum absolute atomic E-state index is 0.0496. The number of amides is 2. The highest BCUT2D eigenvalue weighted by Gasteiger charge is 2.27. The molecule has 0 radical (unpaired) electrons. The van der Waals surface area contributed by atoms with Crippen molar-refractivity contribution in [3.63, 3.8) is 0 Å². The largest absolute Gasteiger partial charge is 0.362 e. The van der Waals surface area contributed by atoms with Crippen LogP contribution in [0.3, 0.4) is 0 Å². The summed E-state index contributed by atoms with van der Waals surface area (Å²) in [5.74, 6) is -0.0572. The average molecular weight is 245 g/mol. The molecular weight excluding hydrogens is 234 g/mol. The van der Waals surface area contributed by atoms with Crippen molar-refractivity contribution < 1.29 is 14.3 Å². The van der Waals surface area contributed by atoms with Gasteiger partial charge in [-0.3, -0.25) is 14.5 Å². The number of hydrogen-bond donors (Lipinski definition) is 1. The van der Waals surface area contributed by atoms with E-state index in [2.05, 4.69) is 9.97 Å². The molecule has 1 N–H and O–H groups in total. The number of ether oxygens (including phenoxy) is 1. The summed E-state index contributed by atoms with van der Waals surface area (Å²) in [6.07, 6.45) is 0. The van der Waals surface area contributed by atoms with Crippen molar-refractivity contribution in [2.75, 3.05) is 13.2 Å². The first-order valence-corrected chi connectivity index (χ1v) is 5.58. The van der Waals surface area contributed by atoms with Crippen molar-refractivity contribution in [3.05, 3.63) is 30.1 Å². The monoisotopic (exact) mass is 245 g/mol. The van der Waals surface area contributed by atoms with E-state index in [1.54, 1.807) is 0 Å². The molecule has 1 saturated heterocycles. The average Bonchev–Trinajstić information content (AvgIpc) is 2.76. The van der Waals surface area contributed by atoms with E-state index in [1.807, 2.05) is 24.3 Å². The molecule has 1 fully saturated rings. The Morgan fingerprint density at radius 3 is 2.67 bits per heavy atom. The lowest BCUT2D eigenvalue weighted by Gasteiger charge is -2.23. The highest BCUT2D eigenvalue weighted by atomic mass is 16.5. The van der Waals surface area contributed by atoms with Crippen LogP contribution in [-0.4, -0.2) is 39.9 Å². The standard InChI is InChI=1S/C12H11N3O3/c16-11-6-18-7-12(17)15(11)5-10-13-8-3-1-2-4-9(8)14-10/h1-4H,5-7H2,(H,13,14). The predicted octanol–water partition coefficient (Wildman–Crippen LogP) is 0.448. The number of imide groups is 1. The number of benzene rings is 1. The summed E-state index contributed by atoms with van der Waals surface area (Å²) >= 11 is 0. The maximum Gasteiger partial charge on any atom is 0.255 e. The van der Waals surface area contributed by atoms with Crippen LogP contribution in [0.5, 0.6) is 0 Å². The molecule has 6 nitrogen and oxygen atoms in total. The molecular formula is C12H11N3O3. The Morgan fingerprint density at radius 1 is 1.22 bits per heavy atom. The zero-order chi connectivity index (χ0) is 12.5. The van der Waals surface area contributed by atoms with Crippen LogP contribution in [0.4, 0.5) is 0 Å². The van der Waals surface area contributed by atoms with E-state index in [9.17, 15) is 9.59 Å². The second kappa shape index (κ2) is 4.23. The van der Waals surface area contributed by atoms with Crippen molar-refractivity contribution in [3.8, 4) is 0 Å². The lowest BCUT2D eigenvalue weighted by Crippen LogP contribution is -2.45. The zero-order valence-electron chi connectivity index (χ0n) is 9.55.